The molecule has 2 aromatic rings. The number of nitrogen functional groups attached to an aromatic ring is 1. The van der Waals surface area contributed by atoms with Crippen molar-refractivity contribution < 1.29 is 0 Å². The van der Waals surface area contributed by atoms with Crippen LogP contribution in [0.15, 0.2) is 42.5 Å². The third kappa shape index (κ3) is 2.91. The molecule has 0 saturated heterocycles. The lowest BCUT2D eigenvalue weighted by atomic mass is 10.2. The second kappa shape index (κ2) is 4.90. The van der Waals surface area contributed by atoms with Gasteiger partial charge in [0.25, 0.3) is 0 Å². The van der Waals surface area contributed by atoms with Crippen LogP contribution in [0.1, 0.15) is 5.56 Å². The van der Waals surface area contributed by atoms with E-state index in [1.54, 1.807) is 0 Å². The molecule has 0 saturated carbocycles. The number of nitrogens with two attached hydrogens (primary N) is 1. The normalized spacial score (nSPS) is 10.1. The Bertz CT molecular complexity index is 437. The number of halogens is 1. The highest BCUT2D eigenvalue weighted by atomic mass is 35.5. The van der Waals surface area contributed by atoms with Gasteiger partial charge in [-0.3, -0.25) is 0 Å². The predicted octanol–water partition coefficient (Wildman–Crippen LogP) is 3.33. The Labute approximate surface area is 100 Å². The molecule has 0 bridgehead atoms. The van der Waals surface area contributed by atoms with Crippen LogP contribution in [0.5, 0.6) is 0 Å². The third-order valence-electron chi connectivity index (χ3n) is 2.21. The summed E-state index contributed by atoms with van der Waals surface area (Å²) in [6.45, 7) is 0.721. The molecule has 0 aliphatic carbocycles. The molecule has 2 rings (SSSR count). The summed E-state index contributed by atoms with van der Waals surface area (Å²) >= 11 is 5.89. The van der Waals surface area contributed by atoms with Gasteiger partial charge in [0.1, 0.15) is 0 Å². The molecule has 16 heavy (non-hydrogen) atoms. The van der Waals surface area contributed by atoms with Gasteiger partial charge in [-0.25, -0.2) is 0 Å². The number of rotatable bonds is 3. The Hall–Kier alpha value is -1.67. The maximum atomic E-state index is 5.89. The summed E-state index contributed by atoms with van der Waals surface area (Å²) in [5, 5.41) is 4.00. The van der Waals surface area contributed by atoms with Crippen molar-refractivity contribution in [1.82, 2.24) is 0 Å². The highest BCUT2D eigenvalue weighted by Gasteiger charge is 1.95. The highest BCUT2D eigenvalue weighted by Crippen LogP contribution is 2.16. The van der Waals surface area contributed by atoms with Gasteiger partial charge in [0.15, 0.2) is 0 Å². The fourth-order valence-corrected chi connectivity index (χ4v) is 1.64. The molecule has 0 spiro atoms. The number of hydrogen-bond donors (Lipinski definition) is 2. The standard InChI is InChI=1S/C13H12ClN2/c14-11-4-2-6-13(8-11)16-9-10-3-1-5-12(15)7-10/h1-4,6-8,16H,9,15H2. The summed E-state index contributed by atoms with van der Waals surface area (Å²) in [4.78, 5) is 0. The molecule has 0 unspecified atom stereocenters. The average Bonchev–Trinajstić information content (AvgIpc) is 2.27. The lowest BCUT2D eigenvalue weighted by Gasteiger charge is -2.07. The lowest BCUT2D eigenvalue weighted by molar-refractivity contribution is 1.15. The molecule has 0 atom stereocenters. The molecule has 1 radical (unpaired) electrons. The van der Waals surface area contributed by atoms with Crippen molar-refractivity contribution in [2.24, 2.45) is 0 Å². The van der Waals surface area contributed by atoms with E-state index in [0.717, 1.165) is 22.8 Å². The first-order valence-corrected chi connectivity index (χ1v) is 5.37. The van der Waals surface area contributed by atoms with E-state index in [9.17, 15) is 0 Å². The van der Waals surface area contributed by atoms with Gasteiger partial charge in [-0.2, -0.15) is 0 Å². The van der Waals surface area contributed by atoms with Gasteiger partial charge in [-0.15, -0.1) is 0 Å². The van der Waals surface area contributed by atoms with Crippen molar-refractivity contribution >= 4 is 23.0 Å². The molecule has 0 aliphatic heterocycles. The van der Waals surface area contributed by atoms with E-state index >= 15 is 0 Å². The van der Waals surface area contributed by atoms with Gasteiger partial charge < -0.3 is 11.1 Å². The average molecular weight is 232 g/mol. The van der Waals surface area contributed by atoms with E-state index in [2.05, 4.69) is 11.4 Å². The van der Waals surface area contributed by atoms with Crippen molar-refractivity contribution in [3.63, 3.8) is 0 Å². The summed E-state index contributed by atoms with van der Waals surface area (Å²) in [5.41, 5.74) is 8.43. The SMILES string of the molecule is Nc1[c]ccc(CNc2cccc(Cl)c2)c1. The van der Waals surface area contributed by atoms with E-state index in [-0.39, 0.29) is 0 Å². The van der Waals surface area contributed by atoms with Gasteiger partial charge in [-0.1, -0.05) is 29.8 Å². The lowest BCUT2D eigenvalue weighted by Crippen LogP contribution is -1.99. The van der Waals surface area contributed by atoms with Crippen LogP contribution in [0.4, 0.5) is 11.4 Å². The molecule has 81 valence electrons. The Morgan fingerprint density at radius 1 is 1.25 bits per heavy atom. The summed E-state index contributed by atoms with van der Waals surface area (Å²) in [5.74, 6) is 0. The van der Waals surface area contributed by atoms with E-state index < -0.39 is 0 Å². The monoisotopic (exact) mass is 231 g/mol. The zero-order chi connectivity index (χ0) is 11.4. The summed E-state index contributed by atoms with van der Waals surface area (Å²) < 4.78 is 0. The van der Waals surface area contributed by atoms with E-state index in [0.29, 0.717) is 5.69 Å². The summed E-state index contributed by atoms with van der Waals surface area (Å²) in [6, 6.07) is 16.2. The number of hydrogen-bond acceptors (Lipinski definition) is 2. The Morgan fingerprint density at radius 3 is 2.88 bits per heavy atom. The number of nitrogens with one attached hydrogen (secondary N) is 1. The fraction of sp³-hybridized carbons (Fsp3) is 0.0769. The van der Waals surface area contributed by atoms with E-state index in [1.807, 2.05) is 42.5 Å². The van der Waals surface area contributed by atoms with Crippen molar-refractivity contribution in [3.8, 4) is 0 Å². The van der Waals surface area contributed by atoms with Gasteiger partial charge in [0.2, 0.25) is 0 Å². The molecule has 2 nitrogen and oxygen atoms in total. The maximum absolute atomic E-state index is 5.89. The van der Waals surface area contributed by atoms with Crippen molar-refractivity contribution in [3.05, 3.63) is 59.1 Å². The zero-order valence-corrected chi connectivity index (χ0v) is 9.46. The molecule has 0 aliphatic rings. The third-order valence-corrected chi connectivity index (χ3v) is 2.44. The smallest absolute Gasteiger partial charge is 0.0426 e. The summed E-state index contributed by atoms with van der Waals surface area (Å²) in [6.07, 6.45) is 0. The van der Waals surface area contributed by atoms with Gasteiger partial charge >= 0.3 is 0 Å². The van der Waals surface area contributed by atoms with Crippen LogP contribution in [0, 0.1) is 6.07 Å². The molecule has 3 heteroatoms. The molecule has 0 amide bonds. The van der Waals surface area contributed by atoms with Crippen molar-refractivity contribution in [1.29, 1.82) is 0 Å². The Morgan fingerprint density at radius 2 is 2.12 bits per heavy atom. The molecule has 0 fully saturated rings. The quantitative estimate of drug-likeness (QED) is 0.796. The number of benzene rings is 2. The fourth-order valence-electron chi connectivity index (χ4n) is 1.45. The van der Waals surface area contributed by atoms with Crippen molar-refractivity contribution in [2.45, 2.75) is 6.54 Å². The van der Waals surface area contributed by atoms with Crippen LogP contribution >= 0.6 is 11.6 Å². The minimum atomic E-state index is 0.658. The van der Waals surface area contributed by atoms with Gasteiger partial charge in [0, 0.05) is 29.0 Å². The molecule has 2 aromatic carbocycles. The summed E-state index contributed by atoms with van der Waals surface area (Å²) in [7, 11) is 0. The topological polar surface area (TPSA) is 38.0 Å². The molecular formula is C13H12ClN2. The predicted molar refractivity (Wildman–Crippen MR) is 68.5 cm³/mol. The second-order valence-corrected chi connectivity index (χ2v) is 3.95. The van der Waals surface area contributed by atoms with Crippen LogP contribution in [0.2, 0.25) is 5.02 Å². The van der Waals surface area contributed by atoms with Crippen LogP contribution in [0.25, 0.3) is 0 Å². The zero-order valence-electron chi connectivity index (χ0n) is 8.70. The minimum Gasteiger partial charge on any atom is -0.398 e. The largest absolute Gasteiger partial charge is 0.398 e. The second-order valence-electron chi connectivity index (χ2n) is 3.52. The van der Waals surface area contributed by atoms with Crippen LogP contribution in [0.3, 0.4) is 0 Å². The Balaban J connectivity index is 2.02. The first-order valence-electron chi connectivity index (χ1n) is 4.99. The molecular weight excluding hydrogens is 220 g/mol. The van der Waals surface area contributed by atoms with Crippen LogP contribution < -0.4 is 11.1 Å². The van der Waals surface area contributed by atoms with Crippen LogP contribution in [-0.2, 0) is 6.54 Å². The van der Waals surface area contributed by atoms with E-state index in [1.165, 1.54) is 0 Å². The van der Waals surface area contributed by atoms with Crippen molar-refractivity contribution in [2.75, 3.05) is 11.1 Å². The minimum absolute atomic E-state index is 0.658. The number of anilines is 2. The first-order chi connectivity index (χ1) is 7.74. The van der Waals surface area contributed by atoms with Crippen LogP contribution in [-0.4, -0.2) is 0 Å². The van der Waals surface area contributed by atoms with E-state index in [4.69, 9.17) is 17.3 Å². The molecule has 0 heterocycles. The first kappa shape index (κ1) is 10.8. The maximum Gasteiger partial charge on any atom is 0.0426 e. The molecule has 0 aromatic heterocycles. The molecule has 3 N–H and O–H groups in total. The van der Waals surface area contributed by atoms with Gasteiger partial charge in [-0.05, 0) is 29.8 Å². The Kier molecular flexibility index (Phi) is 3.32. The highest BCUT2D eigenvalue weighted by molar-refractivity contribution is 6.30. The van der Waals surface area contributed by atoms with Gasteiger partial charge in [0.05, 0.1) is 0 Å².